The van der Waals surface area contributed by atoms with E-state index in [9.17, 15) is 19.5 Å². The maximum atomic E-state index is 12.5. The molecule has 134 valence electrons. The van der Waals surface area contributed by atoms with Crippen molar-refractivity contribution in [2.24, 2.45) is 0 Å². The number of nitriles is 1. The van der Waals surface area contributed by atoms with Crippen molar-refractivity contribution in [2.45, 2.75) is 12.5 Å². The fourth-order valence-electron chi connectivity index (χ4n) is 2.94. The lowest BCUT2D eigenvalue weighted by Crippen LogP contribution is -2.43. The van der Waals surface area contributed by atoms with Crippen molar-refractivity contribution >= 4 is 41.0 Å². The summed E-state index contributed by atoms with van der Waals surface area (Å²) in [5, 5.41) is 24.0. The van der Waals surface area contributed by atoms with Crippen molar-refractivity contribution in [3.8, 4) is 6.07 Å². The normalized spacial score (nSPS) is 19.5. The van der Waals surface area contributed by atoms with Crippen molar-refractivity contribution < 1.29 is 19.5 Å². The molecular formula is C16H12Cl2N4O4. The smallest absolute Gasteiger partial charge is 0.355 e. The van der Waals surface area contributed by atoms with E-state index in [1.54, 1.807) is 24.3 Å². The number of aliphatic carboxylic acids is 1. The van der Waals surface area contributed by atoms with Gasteiger partial charge in [0.1, 0.15) is 6.04 Å². The summed E-state index contributed by atoms with van der Waals surface area (Å²) < 4.78 is 0. The van der Waals surface area contributed by atoms with Gasteiger partial charge in [0.15, 0.2) is 5.70 Å². The number of carbonyl (C=O) groups is 3. The summed E-state index contributed by atoms with van der Waals surface area (Å²) in [6.45, 7) is 0.0895. The van der Waals surface area contributed by atoms with Crippen LogP contribution in [0.1, 0.15) is 5.56 Å². The number of hydrogen-bond acceptors (Lipinski definition) is 5. The van der Waals surface area contributed by atoms with Gasteiger partial charge in [0.25, 0.3) is 5.91 Å². The first-order valence-electron chi connectivity index (χ1n) is 7.50. The van der Waals surface area contributed by atoms with E-state index in [2.05, 4.69) is 5.32 Å². The number of hydrazine groups is 1. The molecule has 26 heavy (non-hydrogen) atoms. The van der Waals surface area contributed by atoms with Crippen LogP contribution >= 0.6 is 23.2 Å². The monoisotopic (exact) mass is 394 g/mol. The highest BCUT2D eigenvalue weighted by molar-refractivity contribution is 6.33. The van der Waals surface area contributed by atoms with E-state index in [4.69, 9.17) is 28.5 Å². The number of halogens is 2. The van der Waals surface area contributed by atoms with Gasteiger partial charge in [-0.15, -0.1) is 0 Å². The second kappa shape index (κ2) is 6.96. The molecule has 1 saturated heterocycles. The molecule has 10 heteroatoms. The number of carbonyl (C=O) groups excluding carboxylic acids is 2. The van der Waals surface area contributed by atoms with Gasteiger partial charge in [-0.3, -0.25) is 9.59 Å². The lowest BCUT2D eigenvalue weighted by molar-refractivity contribution is -0.143. The Morgan fingerprint density at radius 2 is 2.12 bits per heavy atom. The van der Waals surface area contributed by atoms with Crippen LogP contribution in [-0.4, -0.2) is 52.0 Å². The number of carboxylic acid groups (broad SMARTS) is 1. The number of hydrogen-bond donors (Lipinski definition) is 2. The van der Waals surface area contributed by atoms with E-state index in [1.165, 1.54) is 5.01 Å². The minimum atomic E-state index is -1.37. The third-order valence-corrected chi connectivity index (χ3v) is 4.66. The van der Waals surface area contributed by atoms with E-state index < -0.39 is 23.8 Å². The van der Waals surface area contributed by atoms with Crippen LogP contribution in [0.3, 0.4) is 0 Å². The van der Waals surface area contributed by atoms with Gasteiger partial charge in [-0.2, -0.15) is 5.26 Å². The van der Waals surface area contributed by atoms with Gasteiger partial charge in [-0.25, -0.2) is 14.8 Å². The first-order chi connectivity index (χ1) is 12.3. The van der Waals surface area contributed by atoms with Crippen LogP contribution in [0.15, 0.2) is 29.5 Å². The average molecular weight is 395 g/mol. The second-order valence-corrected chi connectivity index (χ2v) is 6.62. The molecule has 0 aromatic heterocycles. The summed E-state index contributed by atoms with van der Waals surface area (Å²) in [4.78, 5) is 36.1. The zero-order valence-corrected chi connectivity index (χ0v) is 14.7. The first kappa shape index (κ1) is 18.2. The zero-order valence-electron chi connectivity index (χ0n) is 13.2. The Balaban J connectivity index is 1.71. The lowest BCUT2D eigenvalue weighted by Gasteiger charge is -2.18. The molecule has 0 aliphatic carbocycles. The summed E-state index contributed by atoms with van der Waals surface area (Å²) in [7, 11) is 0. The molecule has 0 bridgehead atoms. The SMILES string of the molecule is N#CC1=C(C(=O)O)N2C(=O)[C@@H](NC(=O)Cc3cc(Cl)ccc3Cl)CN2C1. The first-order valence-corrected chi connectivity index (χ1v) is 8.26. The standard InChI is InChI=1S/C16H12Cl2N4O4/c17-10-1-2-11(18)8(3-10)4-13(23)20-12-7-21-6-9(5-19)14(16(25)26)22(21)15(12)24/h1-3,12H,4,6-7H2,(H,20,23)(H,25,26)/t12-/m0/s1. The van der Waals surface area contributed by atoms with E-state index in [1.807, 2.05) is 0 Å². The molecule has 0 radical (unpaired) electrons. The highest BCUT2D eigenvalue weighted by Gasteiger charge is 2.48. The van der Waals surface area contributed by atoms with E-state index in [-0.39, 0.29) is 30.8 Å². The molecule has 2 aliphatic heterocycles. The van der Waals surface area contributed by atoms with E-state index in [0.29, 0.717) is 15.6 Å². The Kier molecular flexibility index (Phi) is 4.87. The Morgan fingerprint density at radius 1 is 1.38 bits per heavy atom. The molecule has 0 saturated carbocycles. The molecule has 0 spiro atoms. The summed E-state index contributed by atoms with van der Waals surface area (Å²) in [6.07, 6.45) is -0.0752. The number of carboxylic acids is 1. The van der Waals surface area contributed by atoms with Gasteiger partial charge in [0.05, 0.1) is 24.6 Å². The minimum absolute atomic E-state index is 0.00124. The Hall–Kier alpha value is -2.60. The molecular weight excluding hydrogens is 383 g/mol. The van der Waals surface area contributed by atoms with Crippen LogP contribution in [0, 0.1) is 11.3 Å². The highest BCUT2D eigenvalue weighted by atomic mass is 35.5. The average Bonchev–Trinajstić information content (AvgIpc) is 3.08. The molecule has 3 rings (SSSR count). The largest absolute Gasteiger partial charge is 0.476 e. The molecule has 2 amide bonds. The van der Waals surface area contributed by atoms with Gasteiger partial charge >= 0.3 is 5.97 Å². The Bertz CT molecular complexity index is 893. The third-order valence-electron chi connectivity index (χ3n) is 4.05. The number of fused-ring (bicyclic) bond motifs is 1. The quantitative estimate of drug-likeness (QED) is 0.785. The number of nitrogens with one attached hydrogen (secondary N) is 1. The summed E-state index contributed by atoms with van der Waals surface area (Å²) in [5.41, 5.74) is 0.147. The van der Waals surface area contributed by atoms with Crippen molar-refractivity contribution in [3.05, 3.63) is 45.1 Å². The van der Waals surface area contributed by atoms with Gasteiger partial charge in [-0.1, -0.05) is 23.2 Å². The summed E-state index contributed by atoms with van der Waals surface area (Å²) in [6, 6.07) is 5.62. The van der Waals surface area contributed by atoms with Crippen LogP contribution in [0.4, 0.5) is 0 Å². The summed E-state index contributed by atoms with van der Waals surface area (Å²) >= 11 is 11.9. The minimum Gasteiger partial charge on any atom is -0.476 e. The molecule has 2 aliphatic rings. The Labute approximate surface area is 158 Å². The van der Waals surface area contributed by atoms with Crippen LogP contribution < -0.4 is 5.32 Å². The predicted octanol–water partition coefficient (Wildman–Crippen LogP) is 0.956. The summed E-state index contributed by atoms with van der Waals surface area (Å²) in [5.74, 6) is -2.41. The van der Waals surface area contributed by atoms with Crippen molar-refractivity contribution in [1.29, 1.82) is 5.26 Å². The maximum absolute atomic E-state index is 12.5. The zero-order chi connectivity index (χ0) is 19.0. The van der Waals surface area contributed by atoms with E-state index >= 15 is 0 Å². The van der Waals surface area contributed by atoms with Gasteiger partial charge < -0.3 is 10.4 Å². The van der Waals surface area contributed by atoms with E-state index in [0.717, 1.165) is 5.01 Å². The topological polar surface area (TPSA) is 114 Å². The van der Waals surface area contributed by atoms with Crippen molar-refractivity contribution in [3.63, 3.8) is 0 Å². The van der Waals surface area contributed by atoms with Crippen LogP contribution in [0.2, 0.25) is 10.0 Å². The van der Waals surface area contributed by atoms with Gasteiger partial charge in [0.2, 0.25) is 5.91 Å². The fraction of sp³-hybridized carbons (Fsp3) is 0.250. The lowest BCUT2D eigenvalue weighted by atomic mass is 10.1. The van der Waals surface area contributed by atoms with Crippen LogP contribution in [0.25, 0.3) is 0 Å². The molecule has 2 heterocycles. The molecule has 2 N–H and O–H groups in total. The number of rotatable bonds is 4. The molecule has 1 aromatic rings. The molecule has 8 nitrogen and oxygen atoms in total. The van der Waals surface area contributed by atoms with Crippen LogP contribution in [0.5, 0.6) is 0 Å². The maximum Gasteiger partial charge on any atom is 0.355 e. The van der Waals surface area contributed by atoms with Crippen molar-refractivity contribution in [1.82, 2.24) is 15.3 Å². The van der Waals surface area contributed by atoms with Gasteiger partial charge in [-0.05, 0) is 23.8 Å². The van der Waals surface area contributed by atoms with Crippen LogP contribution in [-0.2, 0) is 20.8 Å². The Morgan fingerprint density at radius 3 is 2.77 bits per heavy atom. The predicted molar refractivity (Wildman–Crippen MR) is 90.8 cm³/mol. The number of nitrogens with zero attached hydrogens (tertiary/aromatic N) is 3. The number of amides is 2. The van der Waals surface area contributed by atoms with Crippen molar-refractivity contribution in [2.75, 3.05) is 13.1 Å². The van der Waals surface area contributed by atoms with Gasteiger partial charge in [0, 0.05) is 16.6 Å². The molecule has 1 atom stereocenters. The molecule has 1 fully saturated rings. The molecule has 0 unspecified atom stereocenters. The highest BCUT2D eigenvalue weighted by Crippen LogP contribution is 2.29. The second-order valence-electron chi connectivity index (χ2n) is 5.77. The third kappa shape index (κ3) is 3.24. The fourth-order valence-corrected chi connectivity index (χ4v) is 3.32. The molecule has 1 aromatic carbocycles. The number of benzene rings is 1.